The molecular weight excluding hydrogens is 244 g/mol. The predicted octanol–water partition coefficient (Wildman–Crippen LogP) is 2.53. The van der Waals surface area contributed by atoms with Crippen LogP contribution in [0.15, 0.2) is 12.8 Å². The Kier molecular flexibility index (Phi) is 6.68. The summed E-state index contributed by atoms with van der Waals surface area (Å²) in [6, 6.07) is 0. The van der Waals surface area contributed by atoms with E-state index in [2.05, 4.69) is 6.58 Å². The largest absolute Gasteiger partial charge is 0.502 e. The van der Waals surface area contributed by atoms with Crippen LogP contribution in [0.4, 0.5) is 0 Å². The summed E-state index contributed by atoms with van der Waals surface area (Å²) >= 11 is 0. The lowest BCUT2D eigenvalue weighted by Crippen LogP contribution is -2.11. The van der Waals surface area contributed by atoms with E-state index in [0.717, 1.165) is 39.0 Å². The third kappa shape index (κ3) is 7.55. The van der Waals surface area contributed by atoms with Gasteiger partial charge in [0.25, 0.3) is 0 Å². The topological polar surface area (TPSA) is 43.5 Å². The molecule has 1 aliphatic carbocycles. The average Bonchev–Trinajstić information content (AvgIpc) is 3.33. The van der Waals surface area contributed by atoms with E-state index in [4.69, 9.17) is 18.9 Å². The summed E-state index contributed by atoms with van der Waals surface area (Å²) in [5.74, 6) is 0.812. The summed E-state index contributed by atoms with van der Waals surface area (Å²) in [6.45, 7) is 7.68. The van der Waals surface area contributed by atoms with Gasteiger partial charge in [-0.3, -0.25) is 0 Å². The van der Waals surface area contributed by atoms with Crippen LogP contribution in [0.3, 0.4) is 0 Å². The summed E-state index contributed by atoms with van der Waals surface area (Å²) in [6.07, 6.45) is 9.25. The Morgan fingerprint density at radius 1 is 0.947 bits per heavy atom. The first-order chi connectivity index (χ1) is 9.38. The number of epoxide rings is 2. The molecule has 2 saturated heterocycles. The van der Waals surface area contributed by atoms with Gasteiger partial charge in [-0.05, 0) is 18.8 Å². The molecular formula is C15H26O4. The highest BCUT2D eigenvalue weighted by molar-refractivity contribution is 4.71. The van der Waals surface area contributed by atoms with Crippen molar-refractivity contribution in [3.63, 3.8) is 0 Å². The molecule has 3 aliphatic rings. The first kappa shape index (κ1) is 14.8. The number of ether oxygens (including phenoxy) is 4. The molecule has 3 rings (SSSR count). The molecule has 2 unspecified atom stereocenters. The monoisotopic (exact) mass is 270 g/mol. The highest BCUT2D eigenvalue weighted by Crippen LogP contribution is 2.23. The minimum atomic E-state index is 0.392. The number of rotatable bonds is 7. The Morgan fingerprint density at radius 3 is 2.00 bits per heavy atom. The zero-order valence-electron chi connectivity index (χ0n) is 11.7. The van der Waals surface area contributed by atoms with E-state index < -0.39 is 0 Å². The minimum Gasteiger partial charge on any atom is -0.502 e. The van der Waals surface area contributed by atoms with Gasteiger partial charge in [0.15, 0.2) is 0 Å². The SMILES string of the molecule is C(OCC1CO1)C1CO1.C=COCC1CCCCC1. The van der Waals surface area contributed by atoms with E-state index in [1.807, 2.05) is 0 Å². The van der Waals surface area contributed by atoms with Crippen LogP contribution < -0.4 is 0 Å². The van der Waals surface area contributed by atoms with Gasteiger partial charge in [0.1, 0.15) is 12.2 Å². The maximum atomic E-state index is 5.23. The van der Waals surface area contributed by atoms with E-state index in [-0.39, 0.29) is 0 Å². The van der Waals surface area contributed by atoms with Gasteiger partial charge < -0.3 is 18.9 Å². The van der Waals surface area contributed by atoms with Gasteiger partial charge in [-0.1, -0.05) is 25.8 Å². The van der Waals surface area contributed by atoms with Crippen molar-refractivity contribution in [2.45, 2.75) is 44.3 Å². The van der Waals surface area contributed by atoms with Crippen molar-refractivity contribution in [1.29, 1.82) is 0 Å². The maximum absolute atomic E-state index is 5.23. The fraction of sp³-hybridized carbons (Fsp3) is 0.867. The molecule has 2 atom stereocenters. The second-order valence-electron chi connectivity index (χ2n) is 5.45. The fourth-order valence-electron chi connectivity index (χ4n) is 2.22. The van der Waals surface area contributed by atoms with E-state index in [1.165, 1.54) is 32.1 Å². The normalized spacial score (nSPS) is 29.1. The van der Waals surface area contributed by atoms with Gasteiger partial charge in [-0.2, -0.15) is 0 Å². The Hall–Kier alpha value is -0.580. The van der Waals surface area contributed by atoms with E-state index in [0.29, 0.717) is 12.2 Å². The van der Waals surface area contributed by atoms with Crippen molar-refractivity contribution in [3.05, 3.63) is 12.8 Å². The number of hydrogen-bond acceptors (Lipinski definition) is 4. The molecule has 0 spiro atoms. The third-order valence-electron chi connectivity index (χ3n) is 3.59. The van der Waals surface area contributed by atoms with Crippen LogP contribution in [0.2, 0.25) is 0 Å². The lowest BCUT2D eigenvalue weighted by Gasteiger charge is -2.20. The van der Waals surface area contributed by atoms with Crippen LogP contribution in [-0.2, 0) is 18.9 Å². The standard InChI is InChI=1S/C9H16O.C6H10O3/c1-2-10-8-9-6-4-3-5-7-9;1(5-3-8-5)7-2-6-4-9-6/h2,9H,1,3-8H2;5-6H,1-4H2. The molecule has 1 saturated carbocycles. The van der Waals surface area contributed by atoms with Gasteiger partial charge in [-0.25, -0.2) is 0 Å². The van der Waals surface area contributed by atoms with Crippen molar-refractivity contribution >= 4 is 0 Å². The summed E-state index contributed by atoms with van der Waals surface area (Å²) < 4.78 is 20.3. The molecule has 3 fully saturated rings. The molecule has 0 aromatic carbocycles. The van der Waals surface area contributed by atoms with E-state index in [9.17, 15) is 0 Å². The Morgan fingerprint density at radius 2 is 1.53 bits per heavy atom. The van der Waals surface area contributed by atoms with Gasteiger partial charge in [-0.15, -0.1) is 0 Å². The van der Waals surface area contributed by atoms with Crippen molar-refractivity contribution in [3.8, 4) is 0 Å². The molecule has 0 N–H and O–H groups in total. The molecule has 19 heavy (non-hydrogen) atoms. The van der Waals surface area contributed by atoms with Crippen LogP contribution in [-0.4, -0.2) is 45.2 Å². The fourth-order valence-corrected chi connectivity index (χ4v) is 2.22. The molecule has 2 aliphatic heterocycles. The lowest BCUT2D eigenvalue weighted by atomic mass is 9.90. The minimum absolute atomic E-state index is 0.392. The summed E-state index contributed by atoms with van der Waals surface area (Å²) in [7, 11) is 0. The Balaban J connectivity index is 0.000000141. The van der Waals surface area contributed by atoms with E-state index >= 15 is 0 Å². The Bertz CT molecular complexity index is 231. The zero-order valence-corrected chi connectivity index (χ0v) is 11.7. The maximum Gasteiger partial charge on any atom is 0.104 e. The van der Waals surface area contributed by atoms with Crippen LogP contribution in [0, 0.1) is 5.92 Å². The molecule has 0 bridgehead atoms. The van der Waals surface area contributed by atoms with Crippen LogP contribution in [0.25, 0.3) is 0 Å². The Labute approximate surface area is 116 Å². The summed E-state index contributed by atoms with van der Waals surface area (Å²) in [5, 5.41) is 0. The highest BCUT2D eigenvalue weighted by Gasteiger charge is 2.26. The second-order valence-corrected chi connectivity index (χ2v) is 5.45. The summed E-state index contributed by atoms with van der Waals surface area (Å²) in [4.78, 5) is 0. The second kappa shape index (κ2) is 8.56. The van der Waals surface area contributed by atoms with Crippen molar-refractivity contribution in [1.82, 2.24) is 0 Å². The van der Waals surface area contributed by atoms with Crippen LogP contribution >= 0.6 is 0 Å². The average molecular weight is 270 g/mol. The quantitative estimate of drug-likeness (QED) is 0.527. The molecule has 110 valence electrons. The van der Waals surface area contributed by atoms with Gasteiger partial charge in [0.2, 0.25) is 0 Å². The van der Waals surface area contributed by atoms with Gasteiger partial charge >= 0.3 is 0 Å². The number of hydrogen-bond donors (Lipinski definition) is 0. The molecule has 2 heterocycles. The first-order valence-corrected chi connectivity index (χ1v) is 7.42. The van der Waals surface area contributed by atoms with Crippen molar-refractivity contribution < 1.29 is 18.9 Å². The molecule has 0 aromatic heterocycles. The highest BCUT2D eigenvalue weighted by atomic mass is 16.6. The van der Waals surface area contributed by atoms with Crippen LogP contribution in [0.5, 0.6) is 0 Å². The predicted molar refractivity (Wildman–Crippen MR) is 73.0 cm³/mol. The third-order valence-corrected chi connectivity index (χ3v) is 3.59. The van der Waals surface area contributed by atoms with Gasteiger partial charge in [0, 0.05) is 0 Å². The molecule has 4 nitrogen and oxygen atoms in total. The molecule has 0 aromatic rings. The first-order valence-electron chi connectivity index (χ1n) is 7.42. The van der Waals surface area contributed by atoms with Crippen molar-refractivity contribution in [2.75, 3.05) is 33.0 Å². The summed E-state index contributed by atoms with van der Waals surface area (Å²) in [5.41, 5.74) is 0. The lowest BCUT2D eigenvalue weighted by molar-refractivity contribution is 0.102. The molecule has 4 heteroatoms. The van der Waals surface area contributed by atoms with Gasteiger partial charge in [0.05, 0.1) is 39.3 Å². The smallest absolute Gasteiger partial charge is 0.104 e. The molecule has 0 radical (unpaired) electrons. The zero-order chi connectivity index (χ0) is 13.3. The van der Waals surface area contributed by atoms with Crippen molar-refractivity contribution in [2.24, 2.45) is 5.92 Å². The molecule has 0 amide bonds. The van der Waals surface area contributed by atoms with Crippen LogP contribution in [0.1, 0.15) is 32.1 Å². The van der Waals surface area contributed by atoms with E-state index in [1.54, 1.807) is 6.26 Å².